The molecule has 5 heteroatoms. The Kier molecular flexibility index (Phi) is 4.99. The van der Waals surface area contributed by atoms with Gasteiger partial charge in [0.15, 0.2) is 8.32 Å². The van der Waals surface area contributed by atoms with Crippen molar-refractivity contribution >= 4 is 25.9 Å². The van der Waals surface area contributed by atoms with Gasteiger partial charge in [-0.15, -0.1) is 0 Å². The molecular formula is C19H29ClO3Si. The molecule has 0 amide bonds. The molecule has 0 heterocycles. The zero-order valence-corrected chi connectivity index (χ0v) is 17.6. The molecule has 1 aromatic carbocycles. The van der Waals surface area contributed by atoms with Gasteiger partial charge in [-0.25, -0.2) is 0 Å². The van der Waals surface area contributed by atoms with Gasteiger partial charge in [0.05, 0.1) is 7.11 Å². The molecule has 0 aromatic heterocycles. The second-order valence-electron chi connectivity index (χ2n) is 8.69. The van der Waals surface area contributed by atoms with Gasteiger partial charge in [-0.2, -0.15) is 0 Å². The molecule has 0 radical (unpaired) electrons. The highest BCUT2D eigenvalue weighted by Crippen LogP contribution is 2.65. The number of esters is 1. The fourth-order valence-electron chi connectivity index (χ4n) is 3.07. The van der Waals surface area contributed by atoms with E-state index >= 15 is 0 Å². The van der Waals surface area contributed by atoms with E-state index in [0.29, 0.717) is 11.6 Å². The van der Waals surface area contributed by atoms with E-state index in [1.54, 1.807) is 0 Å². The topological polar surface area (TPSA) is 35.5 Å². The lowest BCUT2D eigenvalue weighted by Gasteiger charge is -2.37. The Hall–Kier alpha value is -0.843. The van der Waals surface area contributed by atoms with E-state index in [9.17, 15) is 4.79 Å². The fourth-order valence-corrected chi connectivity index (χ4v) is 4.31. The number of hydrogen-bond donors (Lipinski definition) is 0. The van der Waals surface area contributed by atoms with Gasteiger partial charge < -0.3 is 9.16 Å². The molecule has 2 rings (SSSR count). The smallest absolute Gasteiger partial charge is 0.316 e. The van der Waals surface area contributed by atoms with E-state index < -0.39 is 13.7 Å². The number of rotatable bonds is 5. The van der Waals surface area contributed by atoms with Crippen molar-refractivity contribution in [1.82, 2.24) is 0 Å². The van der Waals surface area contributed by atoms with E-state index in [1.165, 1.54) is 7.11 Å². The maximum atomic E-state index is 12.6. The van der Waals surface area contributed by atoms with Crippen molar-refractivity contribution in [1.29, 1.82) is 0 Å². The summed E-state index contributed by atoms with van der Waals surface area (Å²) in [5.41, 5.74) is 0.0816. The van der Waals surface area contributed by atoms with Gasteiger partial charge in [0, 0.05) is 17.0 Å². The maximum absolute atomic E-state index is 12.6. The maximum Gasteiger partial charge on any atom is 0.316 e. The molecule has 0 N–H and O–H groups in total. The van der Waals surface area contributed by atoms with Crippen LogP contribution < -0.4 is 0 Å². The first-order valence-electron chi connectivity index (χ1n) is 8.38. The third kappa shape index (κ3) is 3.16. The SMILES string of the molecule is COC(=O)[C@@]1(c2ccc(Cl)cc2)CC1(C)CO[Si](C)(C)C(C)(C)C. The van der Waals surface area contributed by atoms with Crippen molar-refractivity contribution in [2.24, 2.45) is 5.41 Å². The van der Waals surface area contributed by atoms with Gasteiger partial charge in [0.1, 0.15) is 5.41 Å². The molecule has 2 atom stereocenters. The quantitative estimate of drug-likeness (QED) is 0.530. The standard InChI is InChI=1S/C19H29ClO3Si/c1-17(2,3)24(6,7)23-13-18(4)12-19(18,16(21)22-5)14-8-10-15(20)11-9-14/h8-11H,12-13H2,1-7H3/t18?,19-/m0/s1. The van der Waals surface area contributed by atoms with Crippen LogP contribution in [0.1, 0.15) is 39.7 Å². The van der Waals surface area contributed by atoms with Crippen LogP contribution in [0.25, 0.3) is 0 Å². The van der Waals surface area contributed by atoms with Crippen LogP contribution in [0.4, 0.5) is 0 Å². The van der Waals surface area contributed by atoms with E-state index in [0.717, 1.165) is 12.0 Å². The Morgan fingerprint density at radius 2 is 1.79 bits per heavy atom. The normalized spacial score (nSPS) is 27.0. The zero-order valence-electron chi connectivity index (χ0n) is 15.8. The van der Waals surface area contributed by atoms with E-state index in [-0.39, 0.29) is 16.4 Å². The Morgan fingerprint density at radius 3 is 2.25 bits per heavy atom. The van der Waals surface area contributed by atoms with Gasteiger partial charge in [0.25, 0.3) is 0 Å². The molecule has 1 aromatic rings. The van der Waals surface area contributed by atoms with Crippen LogP contribution in [0.2, 0.25) is 23.2 Å². The summed E-state index contributed by atoms with van der Waals surface area (Å²) >= 11 is 6.00. The van der Waals surface area contributed by atoms with Crippen LogP contribution in [0, 0.1) is 5.41 Å². The lowest BCUT2D eigenvalue weighted by Crippen LogP contribution is -2.43. The minimum absolute atomic E-state index is 0.145. The molecule has 24 heavy (non-hydrogen) atoms. The van der Waals surface area contributed by atoms with Crippen molar-refractivity contribution in [3.63, 3.8) is 0 Å². The molecule has 1 unspecified atom stereocenters. The van der Waals surface area contributed by atoms with E-state index in [2.05, 4.69) is 40.8 Å². The van der Waals surface area contributed by atoms with Crippen LogP contribution in [0.15, 0.2) is 24.3 Å². The Bertz CT molecular complexity index is 620. The number of benzene rings is 1. The molecule has 3 nitrogen and oxygen atoms in total. The van der Waals surface area contributed by atoms with Crippen molar-refractivity contribution in [2.45, 2.75) is 57.7 Å². The summed E-state index contributed by atoms with van der Waals surface area (Å²) in [6.07, 6.45) is 0.739. The average molecular weight is 369 g/mol. The van der Waals surface area contributed by atoms with Gasteiger partial charge in [-0.05, 0) is 42.2 Å². The fraction of sp³-hybridized carbons (Fsp3) is 0.632. The third-order valence-corrected chi connectivity index (χ3v) is 10.7. The first-order valence-corrected chi connectivity index (χ1v) is 11.7. The molecular weight excluding hydrogens is 340 g/mol. The van der Waals surface area contributed by atoms with Crippen molar-refractivity contribution < 1.29 is 14.0 Å². The Labute approximate surface area is 151 Å². The number of carbonyl (C=O) groups excluding carboxylic acids is 1. The van der Waals surface area contributed by atoms with E-state index in [1.807, 2.05) is 24.3 Å². The summed E-state index contributed by atoms with van der Waals surface area (Å²) in [6.45, 7) is 13.8. The lowest BCUT2D eigenvalue weighted by molar-refractivity contribution is -0.145. The predicted molar refractivity (Wildman–Crippen MR) is 101 cm³/mol. The monoisotopic (exact) mass is 368 g/mol. The minimum atomic E-state index is -1.87. The Balaban J connectivity index is 2.27. The molecule has 1 aliphatic carbocycles. The second kappa shape index (κ2) is 6.15. The molecule has 0 aliphatic heterocycles. The highest BCUT2D eigenvalue weighted by Gasteiger charge is 2.71. The highest BCUT2D eigenvalue weighted by molar-refractivity contribution is 6.74. The lowest BCUT2D eigenvalue weighted by atomic mass is 9.87. The number of methoxy groups -OCH3 is 1. The summed E-state index contributed by atoms with van der Waals surface area (Å²) in [4.78, 5) is 12.6. The number of hydrogen-bond acceptors (Lipinski definition) is 3. The average Bonchev–Trinajstić information content (AvgIpc) is 3.12. The van der Waals surface area contributed by atoms with Gasteiger partial charge in [-0.1, -0.05) is 51.4 Å². The van der Waals surface area contributed by atoms with Crippen LogP contribution in [0.3, 0.4) is 0 Å². The van der Waals surface area contributed by atoms with Crippen molar-refractivity contribution in [3.05, 3.63) is 34.9 Å². The van der Waals surface area contributed by atoms with Crippen molar-refractivity contribution in [2.75, 3.05) is 13.7 Å². The summed E-state index contributed by atoms with van der Waals surface area (Å²) in [5.74, 6) is -0.189. The minimum Gasteiger partial charge on any atom is -0.468 e. The van der Waals surface area contributed by atoms with Gasteiger partial charge in [0.2, 0.25) is 0 Å². The molecule has 134 valence electrons. The number of carbonyl (C=O) groups is 1. The predicted octanol–water partition coefficient (Wildman–Crippen LogP) is 5.18. The molecule has 1 aliphatic rings. The third-order valence-electron chi connectivity index (χ3n) is 5.99. The summed E-state index contributed by atoms with van der Waals surface area (Å²) in [5, 5.41) is 0.811. The van der Waals surface area contributed by atoms with Crippen molar-refractivity contribution in [3.8, 4) is 0 Å². The molecule has 0 bridgehead atoms. The summed E-state index contributed by atoms with van der Waals surface area (Å²) < 4.78 is 11.6. The zero-order chi connectivity index (χ0) is 18.4. The largest absolute Gasteiger partial charge is 0.468 e. The first kappa shape index (κ1) is 19.5. The van der Waals surface area contributed by atoms with E-state index in [4.69, 9.17) is 20.8 Å². The molecule has 0 saturated heterocycles. The van der Waals surface area contributed by atoms with Gasteiger partial charge >= 0.3 is 5.97 Å². The Morgan fingerprint density at radius 1 is 1.25 bits per heavy atom. The number of halogens is 1. The van der Waals surface area contributed by atoms with Gasteiger partial charge in [-0.3, -0.25) is 4.79 Å². The molecule has 1 fully saturated rings. The summed E-state index contributed by atoms with van der Waals surface area (Å²) in [6, 6.07) is 7.51. The first-order chi connectivity index (χ1) is 10.9. The summed E-state index contributed by atoms with van der Waals surface area (Å²) in [7, 11) is -0.413. The molecule has 0 spiro atoms. The van der Waals surface area contributed by atoms with Crippen LogP contribution in [-0.2, 0) is 19.4 Å². The van der Waals surface area contributed by atoms with Crippen LogP contribution >= 0.6 is 11.6 Å². The van der Waals surface area contributed by atoms with Crippen LogP contribution in [-0.4, -0.2) is 28.0 Å². The number of ether oxygens (including phenoxy) is 1. The molecule has 1 saturated carbocycles. The second-order valence-corrected chi connectivity index (χ2v) is 13.9. The van der Waals surface area contributed by atoms with Crippen LogP contribution in [0.5, 0.6) is 0 Å². The highest BCUT2D eigenvalue weighted by atomic mass is 35.5.